The smallest absolute Gasteiger partial charge is 0.409 e. The Balaban J connectivity index is 1.60. The van der Waals surface area contributed by atoms with Crippen LogP contribution in [0.3, 0.4) is 0 Å². The second kappa shape index (κ2) is 10.2. The maximum absolute atomic E-state index is 13.3. The molecular formula is C24H23ClN4O4S. The first-order valence-corrected chi connectivity index (χ1v) is 11.6. The van der Waals surface area contributed by atoms with Crippen LogP contribution < -0.4 is 15.1 Å². The molecule has 0 spiro atoms. The average Bonchev–Trinajstić information content (AvgIpc) is 2.83. The number of anilines is 2. The maximum atomic E-state index is 13.3. The van der Waals surface area contributed by atoms with Gasteiger partial charge in [-0.2, -0.15) is 0 Å². The number of carbonyl (C=O) groups excluding carboxylic acids is 3. The summed E-state index contributed by atoms with van der Waals surface area (Å²) in [5, 5.41) is 3.13. The van der Waals surface area contributed by atoms with Crippen LogP contribution in [0.4, 0.5) is 16.2 Å². The minimum Gasteiger partial charge on any atom is -0.450 e. The largest absolute Gasteiger partial charge is 0.450 e. The number of hydrogen-bond acceptors (Lipinski definition) is 6. The Labute approximate surface area is 207 Å². The Morgan fingerprint density at radius 3 is 2.44 bits per heavy atom. The van der Waals surface area contributed by atoms with Crippen molar-refractivity contribution in [1.82, 2.24) is 10.2 Å². The fourth-order valence-corrected chi connectivity index (χ4v) is 4.29. The average molecular weight is 499 g/mol. The molecule has 2 heterocycles. The van der Waals surface area contributed by atoms with Crippen LogP contribution in [0.2, 0.25) is 5.02 Å². The van der Waals surface area contributed by atoms with E-state index in [9.17, 15) is 14.4 Å². The first-order chi connectivity index (χ1) is 16.4. The summed E-state index contributed by atoms with van der Waals surface area (Å²) in [6, 6.07) is 14.1. The standard InChI is InChI=1S/C24H23ClN4O4S/c1-2-33-24(32)28-13-11-27(12-14-28)20-6-4-3-5-16(20)15-19-21(30)26-23(34)29(22(19)31)18-9-7-17(25)8-10-18/h3-10,15H,2,11-14H2,1H3,(H,26,30,34)/b19-15-. The first-order valence-electron chi connectivity index (χ1n) is 10.8. The van der Waals surface area contributed by atoms with E-state index in [0.717, 1.165) is 11.3 Å². The van der Waals surface area contributed by atoms with Gasteiger partial charge in [-0.1, -0.05) is 29.8 Å². The zero-order valence-corrected chi connectivity index (χ0v) is 20.1. The van der Waals surface area contributed by atoms with Crippen LogP contribution >= 0.6 is 23.8 Å². The van der Waals surface area contributed by atoms with E-state index in [1.54, 1.807) is 42.2 Å². The molecule has 2 aliphatic heterocycles. The van der Waals surface area contributed by atoms with Crippen molar-refractivity contribution >= 4 is 64.3 Å². The van der Waals surface area contributed by atoms with Crippen LogP contribution in [-0.4, -0.2) is 60.7 Å². The van der Waals surface area contributed by atoms with Gasteiger partial charge in [0, 0.05) is 36.9 Å². The minimum atomic E-state index is -0.554. The van der Waals surface area contributed by atoms with Gasteiger partial charge < -0.3 is 14.5 Å². The normalized spacial score (nSPS) is 17.8. The van der Waals surface area contributed by atoms with Crippen molar-refractivity contribution in [2.75, 3.05) is 42.6 Å². The molecule has 0 radical (unpaired) electrons. The van der Waals surface area contributed by atoms with Gasteiger partial charge in [0.15, 0.2) is 5.11 Å². The molecule has 0 bridgehead atoms. The van der Waals surface area contributed by atoms with Gasteiger partial charge in [-0.3, -0.25) is 19.8 Å². The lowest BCUT2D eigenvalue weighted by molar-refractivity contribution is -0.122. The van der Waals surface area contributed by atoms with Gasteiger partial charge in [-0.25, -0.2) is 4.79 Å². The molecule has 0 atom stereocenters. The van der Waals surface area contributed by atoms with Gasteiger partial charge in [-0.15, -0.1) is 0 Å². The molecule has 4 rings (SSSR count). The summed E-state index contributed by atoms with van der Waals surface area (Å²) >= 11 is 11.2. The minimum absolute atomic E-state index is 0.0119. The Bertz CT molecular complexity index is 1160. The van der Waals surface area contributed by atoms with Crippen molar-refractivity contribution in [3.63, 3.8) is 0 Å². The zero-order chi connectivity index (χ0) is 24.2. The number of amides is 3. The van der Waals surface area contributed by atoms with Crippen molar-refractivity contribution < 1.29 is 19.1 Å². The molecule has 0 aliphatic carbocycles. The highest BCUT2D eigenvalue weighted by molar-refractivity contribution is 7.80. The third-order valence-electron chi connectivity index (χ3n) is 5.57. The predicted octanol–water partition coefficient (Wildman–Crippen LogP) is 3.45. The van der Waals surface area contributed by atoms with E-state index in [1.807, 2.05) is 24.3 Å². The SMILES string of the molecule is CCOC(=O)N1CCN(c2ccccc2/C=C2/C(=O)NC(=S)N(c3ccc(Cl)cc3)C2=O)CC1. The molecule has 10 heteroatoms. The van der Waals surface area contributed by atoms with E-state index in [0.29, 0.717) is 43.5 Å². The highest BCUT2D eigenvalue weighted by atomic mass is 35.5. The summed E-state index contributed by atoms with van der Waals surface area (Å²) < 4.78 is 5.09. The van der Waals surface area contributed by atoms with Crippen molar-refractivity contribution in [3.05, 3.63) is 64.7 Å². The molecule has 3 amide bonds. The van der Waals surface area contributed by atoms with Crippen LogP contribution in [0.15, 0.2) is 54.1 Å². The first kappa shape index (κ1) is 23.7. The molecular weight excluding hydrogens is 476 g/mol. The van der Waals surface area contributed by atoms with E-state index >= 15 is 0 Å². The fourth-order valence-electron chi connectivity index (χ4n) is 3.88. The molecule has 2 aromatic carbocycles. The zero-order valence-electron chi connectivity index (χ0n) is 18.5. The molecule has 0 saturated carbocycles. The highest BCUT2D eigenvalue weighted by Gasteiger charge is 2.35. The second-order valence-electron chi connectivity index (χ2n) is 7.67. The second-order valence-corrected chi connectivity index (χ2v) is 8.49. The molecule has 0 aromatic heterocycles. The quantitative estimate of drug-likeness (QED) is 0.395. The van der Waals surface area contributed by atoms with Gasteiger partial charge in [0.1, 0.15) is 5.57 Å². The Morgan fingerprint density at radius 2 is 1.76 bits per heavy atom. The number of piperazine rings is 1. The van der Waals surface area contributed by atoms with Crippen LogP contribution in [0.1, 0.15) is 12.5 Å². The van der Waals surface area contributed by atoms with Gasteiger partial charge in [-0.05, 0) is 61.1 Å². The summed E-state index contributed by atoms with van der Waals surface area (Å²) in [4.78, 5) is 43.1. The summed E-state index contributed by atoms with van der Waals surface area (Å²) in [6.07, 6.45) is 1.26. The number of nitrogens with one attached hydrogen (secondary N) is 1. The topological polar surface area (TPSA) is 82.2 Å². The number of halogens is 1. The fraction of sp³-hybridized carbons (Fsp3) is 0.250. The maximum Gasteiger partial charge on any atom is 0.409 e. The van der Waals surface area contributed by atoms with Crippen molar-refractivity contribution in [2.24, 2.45) is 0 Å². The van der Waals surface area contributed by atoms with Gasteiger partial charge in [0.05, 0.1) is 12.3 Å². The molecule has 8 nitrogen and oxygen atoms in total. The lowest BCUT2D eigenvalue weighted by Gasteiger charge is -2.36. The molecule has 2 aliphatic rings. The van der Waals surface area contributed by atoms with E-state index < -0.39 is 11.8 Å². The number of thiocarbonyl (C=S) groups is 1. The number of hydrogen-bond donors (Lipinski definition) is 1. The third kappa shape index (κ3) is 4.90. The van der Waals surface area contributed by atoms with Crippen molar-refractivity contribution in [2.45, 2.75) is 6.92 Å². The van der Waals surface area contributed by atoms with Gasteiger partial charge in [0.25, 0.3) is 11.8 Å². The summed E-state index contributed by atoms with van der Waals surface area (Å²) in [7, 11) is 0. The summed E-state index contributed by atoms with van der Waals surface area (Å²) in [6.45, 7) is 4.34. The van der Waals surface area contributed by atoms with E-state index in [1.165, 1.54) is 4.90 Å². The van der Waals surface area contributed by atoms with Crippen LogP contribution in [-0.2, 0) is 14.3 Å². The highest BCUT2D eigenvalue weighted by Crippen LogP contribution is 2.27. The molecule has 0 unspecified atom stereocenters. The van der Waals surface area contributed by atoms with E-state index in [4.69, 9.17) is 28.6 Å². The summed E-state index contributed by atoms with van der Waals surface area (Å²) in [5.41, 5.74) is 2.06. The van der Waals surface area contributed by atoms with Gasteiger partial charge >= 0.3 is 6.09 Å². The number of carbonyl (C=O) groups is 3. The molecule has 2 fully saturated rings. The van der Waals surface area contributed by atoms with Crippen LogP contribution in [0.5, 0.6) is 0 Å². The molecule has 34 heavy (non-hydrogen) atoms. The number of nitrogens with zero attached hydrogens (tertiary/aromatic N) is 3. The number of ether oxygens (including phenoxy) is 1. The molecule has 2 saturated heterocycles. The number of rotatable bonds is 4. The number of benzene rings is 2. The van der Waals surface area contributed by atoms with Crippen LogP contribution in [0.25, 0.3) is 6.08 Å². The Kier molecular flexibility index (Phi) is 7.14. The van der Waals surface area contributed by atoms with Crippen molar-refractivity contribution in [3.8, 4) is 0 Å². The van der Waals surface area contributed by atoms with Gasteiger partial charge in [0.2, 0.25) is 0 Å². The monoisotopic (exact) mass is 498 g/mol. The third-order valence-corrected chi connectivity index (χ3v) is 6.11. The van der Waals surface area contributed by atoms with Crippen LogP contribution in [0, 0.1) is 0 Å². The van der Waals surface area contributed by atoms with Crippen molar-refractivity contribution in [1.29, 1.82) is 0 Å². The van der Waals surface area contributed by atoms with E-state index in [2.05, 4.69) is 10.2 Å². The predicted molar refractivity (Wildman–Crippen MR) is 135 cm³/mol. The molecule has 2 aromatic rings. The molecule has 1 N–H and O–H groups in total. The lowest BCUT2D eigenvalue weighted by Crippen LogP contribution is -2.54. The Morgan fingerprint density at radius 1 is 1.09 bits per heavy atom. The summed E-state index contributed by atoms with van der Waals surface area (Å²) in [5.74, 6) is -1.07. The van der Waals surface area contributed by atoms with E-state index in [-0.39, 0.29) is 16.8 Å². The Hall–Kier alpha value is -3.43. The lowest BCUT2D eigenvalue weighted by atomic mass is 10.0. The number of para-hydroxylation sites is 1. The molecule has 176 valence electrons.